The zero-order valence-electron chi connectivity index (χ0n) is 12.0. The van der Waals surface area contributed by atoms with Gasteiger partial charge in [0.25, 0.3) is 0 Å². The van der Waals surface area contributed by atoms with Crippen molar-refractivity contribution in [2.75, 3.05) is 0 Å². The molecule has 0 unspecified atom stereocenters. The van der Waals surface area contributed by atoms with Crippen molar-refractivity contribution >= 4 is 16.5 Å². The van der Waals surface area contributed by atoms with Crippen molar-refractivity contribution in [1.82, 2.24) is 4.98 Å². The van der Waals surface area contributed by atoms with Crippen LogP contribution in [0.5, 0.6) is 17.2 Å². The van der Waals surface area contributed by atoms with Gasteiger partial charge in [0.2, 0.25) is 0 Å². The van der Waals surface area contributed by atoms with E-state index in [4.69, 9.17) is 5.26 Å². The fraction of sp³-hybridized carbons (Fsp3) is 0. The van der Waals surface area contributed by atoms with Gasteiger partial charge in [0.05, 0.1) is 11.3 Å². The van der Waals surface area contributed by atoms with Gasteiger partial charge >= 0.3 is 0 Å². The number of aromatic nitrogens is 1. The minimum Gasteiger partial charge on any atom is -0.504 e. The molecule has 0 aliphatic heterocycles. The summed E-state index contributed by atoms with van der Waals surface area (Å²) in [5.74, 6) is -0.642. The highest BCUT2D eigenvalue weighted by atomic mass is 16.3. The molecule has 2 aromatic carbocycles. The van der Waals surface area contributed by atoms with Gasteiger partial charge in [-0.2, -0.15) is 5.26 Å². The minimum atomic E-state index is -0.251. The predicted molar refractivity (Wildman–Crippen MR) is 86.0 cm³/mol. The van der Waals surface area contributed by atoms with Crippen LogP contribution >= 0.6 is 0 Å². The number of nitriles is 1. The van der Waals surface area contributed by atoms with Crippen LogP contribution in [-0.4, -0.2) is 20.3 Å². The number of hydrogen-bond acceptors (Lipinski definition) is 5. The van der Waals surface area contributed by atoms with Crippen molar-refractivity contribution in [1.29, 1.82) is 5.26 Å². The van der Waals surface area contributed by atoms with Gasteiger partial charge in [-0.05, 0) is 29.8 Å². The Morgan fingerprint density at radius 1 is 1.00 bits per heavy atom. The van der Waals surface area contributed by atoms with Crippen LogP contribution in [0.25, 0.3) is 16.5 Å². The monoisotopic (exact) mass is 304 g/mol. The summed E-state index contributed by atoms with van der Waals surface area (Å²) in [6.07, 6.45) is 0. The number of benzene rings is 2. The lowest BCUT2D eigenvalue weighted by molar-refractivity contribution is 0.403. The SMILES string of the molecule is C=C(c1ccc(O)c(O)c1)c1ccc2ccc(C#N)c(O)c2n1. The third-order valence-electron chi connectivity index (χ3n) is 3.59. The first-order valence-corrected chi connectivity index (χ1v) is 6.75. The van der Waals surface area contributed by atoms with E-state index in [0.29, 0.717) is 27.7 Å². The molecule has 0 bridgehead atoms. The predicted octanol–water partition coefficient (Wildman–Crippen LogP) is 3.28. The normalized spacial score (nSPS) is 10.4. The van der Waals surface area contributed by atoms with Crippen molar-refractivity contribution in [2.24, 2.45) is 0 Å². The molecule has 0 fully saturated rings. The van der Waals surface area contributed by atoms with Crippen molar-refractivity contribution in [3.05, 3.63) is 65.9 Å². The number of phenols is 3. The number of rotatable bonds is 2. The first kappa shape index (κ1) is 14.4. The highest BCUT2D eigenvalue weighted by Gasteiger charge is 2.11. The lowest BCUT2D eigenvalue weighted by Gasteiger charge is -2.09. The van der Waals surface area contributed by atoms with Crippen molar-refractivity contribution in [3.8, 4) is 23.3 Å². The number of nitrogens with zero attached hydrogens (tertiary/aromatic N) is 2. The van der Waals surface area contributed by atoms with Crippen LogP contribution in [0.3, 0.4) is 0 Å². The first-order valence-electron chi connectivity index (χ1n) is 6.75. The largest absolute Gasteiger partial charge is 0.504 e. The Kier molecular flexibility index (Phi) is 3.36. The van der Waals surface area contributed by atoms with E-state index in [1.54, 1.807) is 24.3 Å². The van der Waals surface area contributed by atoms with Crippen LogP contribution in [0.2, 0.25) is 0 Å². The van der Waals surface area contributed by atoms with Crippen molar-refractivity contribution < 1.29 is 15.3 Å². The molecule has 0 radical (unpaired) electrons. The topological polar surface area (TPSA) is 97.4 Å². The standard InChI is InChI=1S/C18H12N2O3/c1-10(12-5-7-15(21)16(22)8-12)14-6-4-11-2-3-13(9-19)18(23)17(11)20-14/h2-8,21-23H,1H2. The van der Waals surface area contributed by atoms with Gasteiger partial charge in [-0.3, -0.25) is 0 Å². The lowest BCUT2D eigenvalue weighted by atomic mass is 10.0. The number of aromatic hydroxyl groups is 3. The molecule has 1 heterocycles. The molecule has 112 valence electrons. The molecular formula is C18H12N2O3. The molecule has 3 rings (SSSR count). The zero-order chi connectivity index (χ0) is 16.6. The third kappa shape index (κ3) is 2.43. The molecule has 0 aliphatic carbocycles. The third-order valence-corrected chi connectivity index (χ3v) is 3.59. The highest BCUT2D eigenvalue weighted by molar-refractivity contribution is 5.89. The van der Waals surface area contributed by atoms with Crippen molar-refractivity contribution in [3.63, 3.8) is 0 Å². The van der Waals surface area contributed by atoms with Crippen molar-refractivity contribution in [2.45, 2.75) is 0 Å². The van der Waals surface area contributed by atoms with E-state index >= 15 is 0 Å². The van der Waals surface area contributed by atoms with E-state index in [1.165, 1.54) is 18.2 Å². The Labute approximate surface area is 132 Å². The maximum Gasteiger partial charge on any atom is 0.159 e. The summed E-state index contributed by atoms with van der Waals surface area (Å²) < 4.78 is 0. The average Bonchev–Trinajstić information content (AvgIpc) is 2.57. The summed E-state index contributed by atoms with van der Waals surface area (Å²) in [5, 5.41) is 38.8. The molecule has 1 aromatic heterocycles. The molecule has 5 heteroatoms. The van der Waals surface area contributed by atoms with Crippen LogP contribution in [-0.2, 0) is 0 Å². The number of fused-ring (bicyclic) bond motifs is 1. The molecule has 0 aliphatic rings. The van der Waals surface area contributed by atoms with E-state index in [0.717, 1.165) is 0 Å². The second kappa shape index (κ2) is 5.35. The molecule has 3 aromatic rings. The lowest BCUT2D eigenvalue weighted by Crippen LogP contribution is -1.92. The van der Waals surface area contributed by atoms with E-state index in [-0.39, 0.29) is 22.8 Å². The summed E-state index contributed by atoms with van der Waals surface area (Å²) in [4.78, 5) is 4.37. The number of hydrogen-bond donors (Lipinski definition) is 3. The molecular weight excluding hydrogens is 292 g/mol. The van der Waals surface area contributed by atoms with Gasteiger partial charge in [0.1, 0.15) is 11.6 Å². The second-order valence-corrected chi connectivity index (χ2v) is 5.02. The van der Waals surface area contributed by atoms with Gasteiger partial charge in [-0.25, -0.2) is 4.98 Å². The van der Waals surface area contributed by atoms with E-state index in [1.807, 2.05) is 6.07 Å². The van der Waals surface area contributed by atoms with E-state index in [9.17, 15) is 15.3 Å². The molecule has 0 amide bonds. The van der Waals surface area contributed by atoms with Gasteiger partial charge in [-0.1, -0.05) is 24.8 Å². The fourth-order valence-electron chi connectivity index (χ4n) is 2.29. The van der Waals surface area contributed by atoms with E-state index in [2.05, 4.69) is 11.6 Å². The summed E-state index contributed by atoms with van der Waals surface area (Å²) in [6.45, 7) is 3.94. The van der Waals surface area contributed by atoms with Crippen LogP contribution in [0.1, 0.15) is 16.8 Å². The summed E-state index contributed by atoms with van der Waals surface area (Å²) >= 11 is 0. The quantitative estimate of drug-likeness (QED) is 0.631. The minimum absolute atomic E-state index is 0.148. The fourth-order valence-corrected chi connectivity index (χ4v) is 2.29. The van der Waals surface area contributed by atoms with Gasteiger partial charge in [0.15, 0.2) is 17.2 Å². The van der Waals surface area contributed by atoms with Crippen LogP contribution < -0.4 is 0 Å². The maximum atomic E-state index is 10.1. The Morgan fingerprint density at radius 2 is 1.74 bits per heavy atom. The Balaban J connectivity index is 2.12. The smallest absolute Gasteiger partial charge is 0.159 e. The Morgan fingerprint density at radius 3 is 2.43 bits per heavy atom. The molecule has 0 atom stereocenters. The van der Waals surface area contributed by atoms with Crippen LogP contribution in [0.15, 0.2) is 49.0 Å². The van der Waals surface area contributed by atoms with Gasteiger partial charge in [-0.15, -0.1) is 0 Å². The molecule has 5 nitrogen and oxygen atoms in total. The molecule has 0 saturated heterocycles. The highest BCUT2D eigenvalue weighted by Crippen LogP contribution is 2.32. The molecule has 0 saturated carbocycles. The molecule has 3 N–H and O–H groups in total. The summed E-state index contributed by atoms with van der Waals surface area (Å²) in [6, 6.07) is 13.0. The Hall–Kier alpha value is -3.52. The number of pyridine rings is 1. The number of phenolic OH excluding ortho intramolecular Hbond substituents is 3. The first-order chi connectivity index (χ1) is 11.0. The Bertz CT molecular complexity index is 987. The summed E-state index contributed by atoms with van der Waals surface area (Å²) in [5.41, 5.74) is 2.06. The van der Waals surface area contributed by atoms with E-state index < -0.39 is 0 Å². The zero-order valence-corrected chi connectivity index (χ0v) is 12.0. The second-order valence-electron chi connectivity index (χ2n) is 5.02. The van der Waals surface area contributed by atoms with Gasteiger partial charge in [0, 0.05) is 11.0 Å². The molecule has 0 spiro atoms. The maximum absolute atomic E-state index is 10.1. The molecule has 23 heavy (non-hydrogen) atoms. The van der Waals surface area contributed by atoms with Gasteiger partial charge < -0.3 is 15.3 Å². The summed E-state index contributed by atoms with van der Waals surface area (Å²) in [7, 11) is 0. The van der Waals surface area contributed by atoms with Crippen LogP contribution in [0.4, 0.5) is 0 Å². The van der Waals surface area contributed by atoms with Crippen LogP contribution in [0, 0.1) is 11.3 Å². The average molecular weight is 304 g/mol.